The molecule has 0 aliphatic carbocycles. The van der Waals surface area contributed by atoms with Crippen molar-refractivity contribution in [3.05, 3.63) is 46.0 Å². The van der Waals surface area contributed by atoms with Gasteiger partial charge < -0.3 is 9.47 Å². The van der Waals surface area contributed by atoms with Gasteiger partial charge in [0.25, 0.3) is 0 Å². The van der Waals surface area contributed by atoms with Gasteiger partial charge in [0.2, 0.25) is 5.91 Å². The van der Waals surface area contributed by atoms with E-state index < -0.39 is 23.5 Å². The van der Waals surface area contributed by atoms with Crippen molar-refractivity contribution in [2.45, 2.75) is 38.8 Å². The van der Waals surface area contributed by atoms with E-state index in [1.54, 1.807) is 29.3 Å². The monoisotopic (exact) mass is 433 g/mol. The van der Waals surface area contributed by atoms with Gasteiger partial charge in [-0.05, 0) is 38.5 Å². The lowest BCUT2D eigenvalue weighted by atomic mass is 9.90. The number of amidine groups is 1. The molecule has 1 fully saturated rings. The third kappa shape index (κ3) is 3.97. The van der Waals surface area contributed by atoms with Crippen LogP contribution in [-0.4, -0.2) is 60.0 Å². The molecule has 30 heavy (non-hydrogen) atoms. The van der Waals surface area contributed by atoms with Crippen LogP contribution < -0.4 is 0 Å². The molecule has 9 heteroatoms. The van der Waals surface area contributed by atoms with Gasteiger partial charge in [-0.15, -0.1) is 0 Å². The molecule has 1 amide bonds. The van der Waals surface area contributed by atoms with Crippen LogP contribution in [-0.2, 0) is 23.9 Å². The van der Waals surface area contributed by atoms with E-state index in [-0.39, 0.29) is 29.3 Å². The third-order valence-corrected chi connectivity index (χ3v) is 4.99. The topological polar surface area (TPSA) is 88.5 Å². The fourth-order valence-electron chi connectivity index (χ4n) is 3.59. The van der Waals surface area contributed by atoms with Crippen LogP contribution in [0.1, 0.15) is 38.8 Å². The fraction of sp³-hybridized carbons (Fsp3) is 0.429. The fourth-order valence-corrected chi connectivity index (χ4v) is 3.71. The lowest BCUT2D eigenvalue weighted by Gasteiger charge is -2.41. The largest absolute Gasteiger partial charge is 0.466 e. The Labute approximate surface area is 180 Å². The van der Waals surface area contributed by atoms with Crippen LogP contribution in [0, 0.1) is 0 Å². The second-order valence-corrected chi connectivity index (χ2v) is 8.39. The van der Waals surface area contributed by atoms with Gasteiger partial charge in [-0.3, -0.25) is 9.79 Å². The Morgan fingerprint density at radius 3 is 2.23 bits per heavy atom. The number of methoxy groups -OCH3 is 2. The van der Waals surface area contributed by atoms with Crippen LogP contribution in [0.2, 0.25) is 5.02 Å². The van der Waals surface area contributed by atoms with E-state index in [9.17, 15) is 14.4 Å². The second-order valence-electron chi connectivity index (χ2n) is 7.95. The first kappa shape index (κ1) is 22.0. The van der Waals surface area contributed by atoms with Crippen molar-refractivity contribution < 1.29 is 23.9 Å². The molecule has 1 saturated heterocycles. The van der Waals surface area contributed by atoms with Crippen LogP contribution in [0.3, 0.4) is 0 Å². The number of hydrazine groups is 1. The minimum Gasteiger partial charge on any atom is -0.466 e. The van der Waals surface area contributed by atoms with Gasteiger partial charge in [0.15, 0.2) is 5.84 Å². The zero-order chi connectivity index (χ0) is 22.2. The van der Waals surface area contributed by atoms with E-state index in [2.05, 4.69) is 4.99 Å². The molecule has 0 radical (unpaired) electrons. The number of rotatable bonds is 3. The molecule has 1 aromatic carbocycles. The van der Waals surface area contributed by atoms with Crippen molar-refractivity contribution in [1.82, 2.24) is 10.0 Å². The van der Waals surface area contributed by atoms with E-state index in [0.29, 0.717) is 17.1 Å². The summed E-state index contributed by atoms with van der Waals surface area (Å²) in [6, 6.07) is 6.12. The molecule has 2 aliphatic rings. The molecule has 0 N–H and O–H groups in total. The molecule has 0 saturated carbocycles. The van der Waals surface area contributed by atoms with E-state index >= 15 is 0 Å². The number of aliphatic imine (C=N–C) groups is 1. The number of amides is 1. The maximum atomic E-state index is 12.9. The summed E-state index contributed by atoms with van der Waals surface area (Å²) in [4.78, 5) is 43.2. The smallest absolute Gasteiger partial charge is 0.342 e. The highest BCUT2D eigenvalue weighted by Crippen LogP contribution is 2.41. The molecule has 8 nitrogen and oxygen atoms in total. The quantitative estimate of drug-likeness (QED) is 0.681. The van der Waals surface area contributed by atoms with Gasteiger partial charge in [0, 0.05) is 18.0 Å². The summed E-state index contributed by atoms with van der Waals surface area (Å²) in [6.07, 6.45) is 0.218. The Balaban J connectivity index is 2.39. The van der Waals surface area contributed by atoms with Gasteiger partial charge in [-0.25, -0.2) is 14.6 Å². The highest BCUT2D eigenvalue weighted by atomic mass is 35.5. The molecular formula is C21H24ClN3O5. The van der Waals surface area contributed by atoms with Crippen molar-refractivity contribution in [3.63, 3.8) is 0 Å². The lowest BCUT2D eigenvalue weighted by Crippen LogP contribution is -2.53. The molecule has 2 heterocycles. The Kier molecular flexibility index (Phi) is 6.01. The first-order valence-corrected chi connectivity index (χ1v) is 9.83. The molecule has 3 rings (SSSR count). The van der Waals surface area contributed by atoms with Crippen LogP contribution in [0.4, 0.5) is 0 Å². The number of esters is 2. The highest BCUT2D eigenvalue weighted by Gasteiger charge is 2.50. The van der Waals surface area contributed by atoms with Gasteiger partial charge in [0.1, 0.15) is 5.57 Å². The molecule has 0 bridgehead atoms. The van der Waals surface area contributed by atoms with Gasteiger partial charge in [-0.1, -0.05) is 23.7 Å². The molecule has 2 aliphatic heterocycles. The zero-order valence-electron chi connectivity index (χ0n) is 17.6. The highest BCUT2D eigenvalue weighted by molar-refractivity contribution is 6.30. The predicted octanol–water partition coefficient (Wildman–Crippen LogP) is 2.68. The van der Waals surface area contributed by atoms with E-state index in [1.165, 1.54) is 19.2 Å². The Morgan fingerprint density at radius 1 is 1.10 bits per heavy atom. The van der Waals surface area contributed by atoms with Crippen LogP contribution in [0.15, 0.2) is 40.4 Å². The minimum absolute atomic E-state index is 0.0700. The molecule has 160 valence electrons. The average Bonchev–Trinajstić information content (AvgIpc) is 3.07. The SMILES string of the molecule is COC(=O)C1=C(C(=O)OC)C(c2ccc(Cl)cc2)N2CCC(=O)N2C1=NC(C)(C)C. The summed E-state index contributed by atoms with van der Waals surface area (Å²) < 4.78 is 10.0. The van der Waals surface area contributed by atoms with Gasteiger partial charge in [-0.2, -0.15) is 5.01 Å². The van der Waals surface area contributed by atoms with Crippen LogP contribution in [0.25, 0.3) is 0 Å². The first-order chi connectivity index (χ1) is 14.1. The van der Waals surface area contributed by atoms with Crippen molar-refractivity contribution >= 4 is 35.3 Å². The summed E-state index contributed by atoms with van der Waals surface area (Å²) in [5, 5.41) is 3.63. The Bertz CT molecular complexity index is 946. The van der Waals surface area contributed by atoms with Gasteiger partial charge >= 0.3 is 11.9 Å². The van der Waals surface area contributed by atoms with Crippen molar-refractivity contribution in [2.75, 3.05) is 20.8 Å². The molecule has 0 spiro atoms. The molecule has 1 atom stereocenters. The molecule has 0 aromatic heterocycles. The molecular weight excluding hydrogens is 410 g/mol. The van der Waals surface area contributed by atoms with Crippen LogP contribution in [0.5, 0.6) is 0 Å². The third-order valence-electron chi connectivity index (χ3n) is 4.73. The Morgan fingerprint density at radius 2 is 1.70 bits per heavy atom. The summed E-state index contributed by atoms with van der Waals surface area (Å²) in [6.45, 7) is 5.86. The average molecular weight is 434 g/mol. The number of hydrogen-bond acceptors (Lipinski definition) is 7. The maximum Gasteiger partial charge on any atom is 0.342 e. The number of nitrogens with zero attached hydrogens (tertiary/aromatic N) is 3. The maximum absolute atomic E-state index is 12.9. The van der Waals surface area contributed by atoms with Crippen molar-refractivity contribution in [1.29, 1.82) is 0 Å². The zero-order valence-corrected chi connectivity index (χ0v) is 18.3. The van der Waals surface area contributed by atoms with Crippen molar-refractivity contribution in [2.24, 2.45) is 4.99 Å². The normalized spacial score (nSPS) is 21.1. The molecule has 1 aromatic rings. The first-order valence-electron chi connectivity index (χ1n) is 9.45. The summed E-state index contributed by atoms with van der Waals surface area (Å²) in [5.41, 5.74) is 0.0411. The van der Waals surface area contributed by atoms with E-state index in [1.807, 2.05) is 20.8 Å². The number of ether oxygens (including phenoxy) is 2. The number of carbonyl (C=O) groups is 3. The standard InChI is InChI=1S/C21H24ClN3O5/c1-21(2,3)23-18-16(20(28)30-5)15(19(27)29-4)17(12-6-8-13(22)9-7-12)24-11-10-14(26)25(18)24/h6-9,17H,10-11H2,1-5H3. The summed E-state index contributed by atoms with van der Waals surface area (Å²) >= 11 is 6.03. The number of fused-ring (bicyclic) bond motifs is 1. The Hall–Kier alpha value is -2.71. The predicted molar refractivity (Wildman–Crippen MR) is 111 cm³/mol. The van der Waals surface area contributed by atoms with E-state index in [0.717, 1.165) is 0 Å². The summed E-state index contributed by atoms with van der Waals surface area (Å²) in [5.74, 6) is -1.60. The second kappa shape index (κ2) is 8.20. The lowest BCUT2D eigenvalue weighted by molar-refractivity contribution is -0.142. The minimum atomic E-state index is -0.767. The van der Waals surface area contributed by atoms with Crippen LogP contribution >= 0.6 is 11.6 Å². The van der Waals surface area contributed by atoms with Crippen molar-refractivity contribution in [3.8, 4) is 0 Å². The molecule has 1 unspecified atom stereocenters. The number of carbonyl (C=O) groups excluding carboxylic acids is 3. The summed E-state index contributed by atoms with van der Waals surface area (Å²) in [7, 11) is 2.46. The van der Waals surface area contributed by atoms with E-state index in [4.69, 9.17) is 21.1 Å². The number of halogens is 1. The number of benzene rings is 1. The van der Waals surface area contributed by atoms with Gasteiger partial charge in [0.05, 0.1) is 31.4 Å². The number of hydrogen-bond donors (Lipinski definition) is 0.